The molecule has 29 heavy (non-hydrogen) atoms. The second-order valence-corrected chi connectivity index (χ2v) is 7.95. The number of halogens is 2. The van der Waals surface area contributed by atoms with Gasteiger partial charge in [0.2, 0.25) is 5.91 Å². The maximum Gasteiger partial charge on any atom is 0.232 e. The maximum atomic E-state index is 14.9. The van der Waals surface area contributed by atoms with E-state index in [0.717, 1.165) is 17.6 Å². The SMILES string of the molecule is C[C@@H]1C(=O)N(c2ccc3[nH]cnc3c2)[C@@H]1c1c(F)cc(OCC(C)(C)O)cc1F. The number of benzene rings is 2. The zero-order valence-corrected chi connectivity index (χ0v) is 16.2. The predicted octanol–water partition coefficient (Wildman–Crippen LogP) is 3.71. The predicted molar refractivity (Wildman–Crippen MR) is 104 cm³/mol. The Kier molecular flexibility index (Phi) is 4.53. The number of amides is 1. The standard InChI is InChI=1S/C21H21F2N3O3/c1-11-19(18-14(22)7-13(8-15(18)23)29-9-21(2,3)28)26(20(11)27)12-4-5-16-17(6-12)25-10-24-16/h4-8,10-11,19,28H,9H2,1-3H3,(H,24,25)/t11-,19-/m0/s1. The Labute approximate surface area is 166 Å². The number of carbonyl (C=O) groups excluding carboxylic acids is 1. The summed E-state index contributed by atoms with van der Waals surface area (Å²) in [6.07, 6.45) is 1.54. The lowest BCUT2D eigenvalue weighted by Gasteiger charge is -2.46. The van der Waals surface area contributed by atoms with Gasteiger partial charge >= 0.3 is 0 Å². The first-order valence-corrected chi connectivity index (χ1v) is 9.26. The maximum absolute atomic E-state index is 14.9. The number of H-pyrrole nitrogens is 1. The molecule has 0 saturated carbocycles. The van der Waals surface area contributed by atoms with E-state index in [2.05, 4.69) is 9.97 Å². The van der Waals surface area contributed by atoms with Gasteiger partial charge in [0, 0.05) is 23.4 Å². The van der Waals surface area contributed by atoms with Crippen molar-refractivity contribution in [2.24, 2.45) is 5.92 Å². The number of ether oxygens (including phenoxy) is 1. The molecular formula is C21H21F2N3O3. The molecule has 6 nitrogen and oxygen atoms in total. The summed E-state index contributed by atoms with van der Waals surface area (Å²) < 4.78 is 35.0. The minimum absolute atomic E-state index is 0.0197. The first-order valence-electron chi connectivity index (χ1n) is 9.26. The van der Waals surface area contributed by atoms with Gasteiger partial charge in [0.05, 0.1) is 34.9 Å². The molecule has 1 aromatic heterocycles. The summed E-state index contributed by atoms with van der Waals surface area (Å²) in [4.78, 5) is 21.0. The van der Waals surface area contributed by atoms with E-state index in [1.165, 1.54) is 25.1 Å². The van der Waals surface area contributed by atoms with E-state index in [-0.39, 0.29) is 23.8 Å². The average molecular weight is 401 g/mol. The minimum atomic E-state index is -1.14. The number of aromatic nitrogens is 2. The highest BCUT2D eigenvalue weighted by molar-refractivity contribution is 6.04. The summed E-state index contributed by atoms with van der Waals surface area (Å²) in [7, 11) is 0. The van der Waals surface area contributed by atoms with Crippen LogP contribution in [0.15, 0.2) is 36.7 Å². The number of anilines is 1. The van der Waals surface area contributed by atoms with Crippen LogP contribution in [0, 0.1) is 17.6 Å². The number of fused-ring (bicyclic) bond motifs is 1. The van der Waals surface area contributed by atoms with E-state index in [0.29, 0.717) is 11.2 Å². The third-order valence-electron chi connectivity index (χ3n) is 5.00. The van der Waals surface area contributed by atoms with Gasteiger partial charge in [-0.2, -0.15) is 0 Å². The summed E-state index contributed by atoms with van der Waals surface area (Å²) in [5.41, 5.74) is 0.665. The molecule has 0 spiro atoms. The van der Waals surface area contributed by atoms with Crippen LogP contribution in [0.25, 0.3) is 11.0 Å². The molecule has 3 aromatic rings. The molecule has 8 heteroatoms. The van der Waals surface area contributed by atoms with Crippen molar-refractivity contribution in [2.45, 2.75) is 32.4 Å². The van der Waals surface area contributed by atoms with Gasteiger partial charge in [0.15, 0.2) is 0 Å². The third-order valence-corrected chi connectivity index (χ3v) is 5.00. The number of carbonyl (C=O) groups is 1. The van der Waals surface area contributed by atoms with E-state index >= 15 is 0 Å². The Balaban J connectivity index is 1.67. The van der Waals surface area contributed by atoms with Crippen molar-refractivity contribution in [3.8, 4) is 5.75 Å². The number of nitrogens with one attached hydrogen (secondary N) is 1. The van der Waals surface area contributed by atoms with Gasteiger partial charge < -0.3 is 19.7 Å². The zero-order chi connectivity index (χ0) is 20.9. The van der Waals surface area contributed by atoms with Crippen LogP contribution in [0.1, 0.15) is 32.4 Å². The van der Waals surface area contributed by atoms with Crippen LogP contribution >= 0.6 is 0 Å². The topological polar surface area (TPSA) is 78.5 Å². The van der Waals surface area contributed by atoms with Crippen LogP contribution in [0.5, 0.6) is 5.75 Å². The number of nitrogens with zero attached hydrogens (tertiary/aromatic N) is 2. The lowest BCUT2D eigenvalue weighted by atomic mass is 9.82. The summed E-state index contributed by atoms with van der Waals surface area (Å²) in [5.74, 6) is -2.41. The number of aromatic amines is 1. The molecular weight excluding hydrogens is 380 g/mol. The van der Waals surface area contributed by atoms with Gasteiger partial charge in [-0.05, 0) is 32.0 Å². The van der Waals surface area contributed by atoms with Crippen molar-refractivity contribution in [3.63, 3.8) is 0 Å². The number of hydrogen-bond acceptors (Lipinski definition) is 4. The molecule has 2 aromatic carbocycles. The number of hydrogen-bond donors (Lipinski definition) is 2. The van der Waals surface area contributed by atoms with Crippen molar-refractivity contribution >= 4 is 22.6 Å². The van der Waals surface area contributed by atoms with Gasteiger partial charge in [-0.15, -0.1) is 0 Å². The van der Waals surface area contributed by atoms with Gasteiger partial charge in [-0.25, -0.2) is 13.8 Å². The molecule has 0 unspecified atom stereocenters. The van der Waals surface area contributed by atoms with E-state index in [1.807, 2.05) is 0 Å². The second kappa shape index (κ2) is 6.81. The summed E-state index contributed by atoms with van der Waals surface area (Å²) in [6.45, 7) is 4.60. The third kappa shape index (κ3) is 3.44. The van der Waals surface area contributed by atoms with Crippen molar-refractivity contribution in [1.82, 2.24) is 9.97 Å². The average Bonchev–Trinajstić information content (AvgIpc) is 3.12. The first-order chi connectivity index (χ1) is 13.7. The molecule has 2 atom stereocenters. The molecule has 2 heterocycles. The zero-order valence-electron chi connectivity index (χ0n) is 16.2. The quantitative estimate of drug-likeness (QED) is 0.639. The largest absolute Gasteiger partial charge is 0.490 e. The normalized spacial score (nSPS) is 19.5. The summed E-state index contributed by atoms with van der Waals surface area (Å²) in [6, 6.07) is 6.57. The van der Waals surface area contributed by atoms with Crippen LogP contribution < -0.4 is 9.64 Å². The van der Waals surface area contributed by atoms with Gasteiger partial charge in [-0.1, -0.05) is 6.92 Å². The Morgan fingerprint density at radius 1 is 1.24 bits per heavy atom. The fraction of sp³-hybridized carbons (Fsp3) is 0.333. The molecule has 4 rings (SSSR count). The molecule has 1 fully saturated rings. The fourth-order valence-electron chi connectivity index (χ4n) is 3.56. The Morgan fingerprint density at radius 2 is 1.93 bits per heavy atom. The highest BCUT2D eigenvalue weighted by Crippen LogP contribution is 2.45. The fourth-order valence-corrected chi connectivity index (χ4v) is 3.56. The van der Waals surface area contributed by atoms with Crippen molar-refractivity contribution in [2.75, 3.05) is 11.5 Å². The van der Waals surface area contributed by atoms with Crippen molar-refractivity contribution in [1.29, 1.82) is 0 Å². The summed E-state index contributed by atoms with van der Waals surface area (Å²) >= 11 is 0. The molecule has 0 radical (unpaired) electrons. The molecule has 152 valence electrons. The highest BCUT2D eigenvalue weighted by atomic mass is 19.1. The molecule has 1 aliphatic rings. The molecule has 2 N–H and O–H groups in total. The van der Waals surface area contributed by atoms with Crippen molar-refractivity contribution < 1.29 is 23.4 Å². The van der Waals surface area contributed by atoms with Gasteiger partial charge in [-0.3, -0.25) is 4.79 Å². The number of aliphatic hydroxyl groups is 1. The molecule has 1 amide bonds. The van der Waals surface area contributed by atoms with Crippen LogP contribution in [-0.4, -0.2) is 33.2 Å². The Bertz CT molecular complexity index is 1070. The van der Waals surface area contributed by atoms with Crippen LogP contribution in [0.2, 0.25) is 0 Å². The van der Waals surface area contributed by atoms with Crippen LogP contribution in [-0.2, 0) is 4.79 Å². The number of β-lactam (4-membered cyclic amide) rings is 1. The van der Waals surface area contributed by atoms with Crippen LogP contribution in [0.4, 0.5) is 14.5 Å². The van der Waals surface area contributed by atoms with Crippen molar-refractivity contribution in [3.05, 3.63) is 53.9 Å². The molecule has 0 aliphatic carbocycles. The van der Waals surface area contributed by atoms with E-state index in [4.69, 9.17) is 4.74 Å². The molecule has 1 aliphatic heterocycles. The smallest absolute Gasteiger partial charge is 0.232 e. The lowest BCUT2D eigenvalue weighted by molar-refractivity contribution is -0.129. The number of imidazole rings is 1. The number of rotatable bonds is 5. The van der Waals surface area contributed by atoms with E-state index < -0.39 is 29.2 Å². The lowest BCUT2D eigenvalue weighted by Crippen LogP contribution is -2.54. The van der Waals surface area contributed by atoms with E-state index in [1.54, 1.807) is 25.1 Å². The van der Waals surface area contributed by atoms with Crippen LogP contribution in [0.3, 0.4) is 0 Å². The van der Waals surface area contributed by atoms with Gasteiger partial charge in [0.25, 0.3) is 0 Å². The first kappa shape index (κ1) is 19.3. The second-order valence-electron chi connectivity index (χ2n) is 7.95. The van der Waals surface area contributed by atoms with Gasteiger partial charge in [0.1, 0.15) is 24.0 Å². The highest BCUT2D eigenvalue weighted by Gasteiger charge is 2.48. The Morgan fingerprint density at radius 3 is 2.59 bits per heavy atom. The molecule has 1 saturated heterocycles. The van der Waals surface area contributed by atoms with E-state index in [9.17, 15) is 18.7 Å². The Hall–Kier alpha value is -3.00. The summed E-state index contributed by atoms with van der Waals surface area (Å²) in [5, 5.41) is 9.73. The minimum Gasteiger partial charge on any atom is -0.490 e. The molecule has 0 bridgehead atoms. The monoisotopic (exact) mass is 401 g/mol.